The predicted molar refractivity (Wildman–Crippen MR) is 69.9 cm³/mol. The van der Waals surface area contributed by atoms with Gasteiger partial charge in [0.2, 0.25) is 11.8 Å². The highest BCUT2D eigenvalue weighted by Gasteiger charge is 2.01. The second kappa shape index (κ2) is 5.84. The van der Waals surface area contributed by atoms with E-state index in [-0.39, 0.29) is 0 Å². The number of ether oxygens (including phenoxy) is 1. The lowest BCUT2D eigenvalue weighted by Crippen LogP contribution is -2.03. The summed E-state index contributed by atoms with van der Waals surface area (Å²) in [5.41, 5.74) is 0. The Morgan fingerprint density at radius 3 is 3.00 bits per heavy atom. The Morgan fingerprint density at radius 2 is 2.29 bits per heavy atom. The van der Waals surface area contributed by atoms with Crippen LogP contribution in [0, 0.1) is 0 Å². The van der Waals surface area contributed by atoms with E-state index in [9.17, 15) is 0 Å². The van der Waals surface area contributed by atoms with Gasteiger partial charge in [-0.3, -0.25) is 0 Å². The molecular weight excluding hydrogens is 258 g/mol. The van der Waals surface area contributed by atoms with Crippen LogP contribution < -0.4 is 10.1 Å². The first kappa shape index (κ1) is 12.1. The van der Waals surface area contributed by atoms with E-state index < -0.39 is 0 Å². The van der Waals surface area contributed by atoms with Gasteiger partial charge >= 0.3 is 0 Å². The third-order valence-electron chi connectivity index (χ3n) is 1.97. The molecule has 0 aromatic carbocycles. The maximum absolute atomic E-state index is 5.85. The summed E-state index contributed by atoms with van der Waals surface area (Å²) in [5.74, 6) is 1.13. The number of aromatic nitrogens is 2. The Bertz CT molecular complexity index is 489. The molecule has 0 aliphatic carbocycles. The first-order chi connectivity index (χ1) is 8.28. The topological polar surface area (TPSA) is 47.0 Å². The van der Waals surface area contributed by atoms with Gasteiger partial charge in [0.25, 0.3) is 0 Å². The smallest absolute Gasteiger partial charge is 0.226 e. The van der Waals surface area contributed by atoms with Crippen molar-refractivity contribution < 1.29 is 4.74 Å². The minimum absolute atomic E-state index is 0.556. The summed E-state index contributed by atoms with van der Waals surface area (Å²) in [6, 6.07) is 5.59. The molecule has 0 bridgehead atoms. The summed E-state index contributed by atoms with van der Waals surface area (Å²) in [7, 11) is 0. The minimum atomic E-state index is 0.556. The van der Waals surface area contributed by atoms with E-state index in [0.29, 0.717) is 25.0 Å². The van der Waals surface area contributed by atoms with E-state index in [0.717, 1.165) is 9.21 Å². The fraction of sp³-hybridized carbons (Fsp3) is 0.273. The fourth-order valence-electron chi connectivity index (χ4n) is 1.27. The van der Waals surface area contributed by atoms with Gasteiger partial charge in [-0.2, -0.15) is 4.98 Å². The number of anilines is 1. The highest BCUT2D eigenvalue weighted by Crippen LogP contribution is 2.21. The molecule has 17 heavy (non-hydrogen) atoms. The molecular formula is C11H12ClN3OS. The first-order valence-electron chi connectivity index (χ1n) is 5.22. The monoisotopic (exact) mass is 269 g/mol. The zero-order valence-corrected chi connectivity index (χ0v) is 10.9. The molecule has 0 radical (unpaired) electrons. The SMILES string of the molecule is CCOc1ccnc(NCc2ccc(Cl)s2)n1. The van der Waals surface area contributed by atoms with Crippen molar-refractivity contribution in [1.82, 2.24) is 9.97 Å². The summed E-state index contributed by atoms with van der Waals surface area (Å²) in [6.45, 7) is 3.17. The Hall–Kier alpha value is -1.33. The van der Waals surface area contributed by atoms with Crippen molar-refractivity contribution in [3.63, 3.8) is 0 Å². The van der Waals surface area contributed by atoms with Gasteiger partial charge in [-0.1, -0.05) is 11.6 Å². The van der Waals surface area contributed by atoms with Crippen LogP contribution in [0.3, 0.4) is 0 Å². The molecule has 0 saturated carbocycles. The van der Waals surface area contributed by atoms with E-state index in [1.807, 2.05) is 19.1 Å². The molecule has 0 aliphatic rings. The molecule has 0 amide bonds. The quantitative estimate of drug-likeness (QED) is 0.905. The molecule has 4 nitrogen and oxygen atoms in total. The van der Waals surface area contributed by atoms with Gasteiger partial charge in [-0.15, -0.1) is 11.3 Å². The first-order valence-corrected chi connectivity index (χ1v) is 6.41. The summed E-state index contributed by atoms with van der Waals surface area (Å²) in [4.78, 5) is 9.46. The van der Waals surface area contributed by atoms with Crippen LogP contribution >= 0.6 is 22.9 Å². The summed E-state index contributed by atoms with van der Waals surface area (Å²) < 4.78 is 6.08. The predicted octanol–water partition coefficient (Wildman–Crippen LogP) is 3.20. The molecule has 2 aromatic heterocycles. The van der Waals surface area contributed by atoms with Gasteiger partial charge in [0.1, 0.15) is 0 Å². The Morgan fingerprint density at radius 1 is 1.41 bits per heavy atom. The van der Waals surface area contributed by atoms with Crippen LogP contribution in [0.25, 0.3) is 0 Å². The van der Waals surface area contributed by atoms with Crippen LogP contribution in [0.5, 0.6) is 5.88 Å². The third-order valence-corrected chi connectivity index (χ3v) is 3.20. The second-order valence-corrected chi connectivity index (χ2v) is 5.01. The molecule has 2 aromatic rings. The maximum Gasteiger partial charge on any atom is 0.226 e. The number of thiophene rings is 1. The molecule has 0 unspecified atom stereocenters. The van der Waals surface area contributed by atoms with Gasteiger partial charge in [-0.05, 0) is 19.1 Å². The fourth-order valence-corrected chi connectivity index (χ4v) is 2.30. The lowest BCUT2D eigenvalue weighted by Gasteiger charge is -2.05. The van der Waals surface area contributed by atoms with Crippen LogP contribution in [-0.2, 0) is 6.54 Å². The number of hydrogen-bond acceptors (Lipinski definition) is 5. The van der Waals surface area contributed by atoms with Gasteiger partial charge < -0.3 is 10.1 Å². The average Bonchev–Trinajstić information content (AvgIpc) is 2.74. The van der Waals surface area contributed by atoms with E-state index in [4.69, 9.17) is 16.3 Å². The number of halogens is 1. The van der Waals surface area contributed by atoms with Gasteiger partial charge in [0.15, 0.2) is 0 Å². The van der Waals surface area contributed by atoms with Crippen LogP contribution in [0.15, 0.2) is 24.4 Å². The Labute approximate surface area is 109 Å². The van der Waals surface area contributed by atoms with E-state index in [1.54, 1.807) is 12.3 Å². The normalized spacial score (nSPS) is 10.2. The Balaban J connectivity index is 1.96. The van der Waals surface area contributed by atoms with Crippen molar-refractivity contribution >= 4 is 28.9 Å². The molecule has 90 valence electrons. The zero-order chi connectivity index (χ0) is 12.1. The molecule has 0 fully saturated rings. The summed E-state index contributed by atoms with van der Waals surface area (Å²) in [5, 5.41) is 3.12. The lowest BCUT2D eigenvalue weighted by atomic mass is 10.5. The minimum Gasteiger partial charge on any atom is -0.478 e. The highest BCUT2D eigenvalue weighted by atomic mass is 35.5. The van der Waals surface area contributed by atoms with Gasteiger partial charge in [-0.25, -0.2) is 4.98 Å². The molecule has 2 heterocycles. The van der Waals surface area contributed by atoms with E-state index >= 15 is 0 Å². The highest BCUT2D eigenvalue weighted by molar-refractivity contribution is 7.16. The van der Waals surface area contributed by atoms with Gasteiger partial charge in [0.05, 0.1) is 17.5 Å². The molecule has 2 rings (SSSR count). The number of nitrogens with one attached hydrogen (secondary N) is 1. The van der Waals surface area contributed by atoms with Crippen LogP contribution in [0.4, 0.5) is 5.95 Å². The van der Waals surface area contributed by atoms with Crippen molar-refractivity contribution in [2.24, 2.45) is 0 Å². The van der Waals surface area contributed by atoms with Gasteiger partial charge in [0, 0.05) is 17.1 Å². The van der Waals surface area contributed by atoms with Crippen molar-refractivity contribution in [3.05, 3.63) is 33.6 Å². The van der Waals surface area contributed by atoms with Crippen molar-refractivity contribution in [2.75, 3.05) is 11.9 Å². The number of nitrogens with zero attached hydrogens (tertiary/aromatic N) is 2. The largest absolute Gasteiger partial charge is 0.478 e. The van der Waals surface area contributed by atoms with Crippen LogP contribution in [-0.4, -0.2) is 16.6 Å². The Kier molecular flexibility index (Phi) is 4.17. The summed E-state index contributed by atoms with van der Waals surface area (Å²) in [6.07, 6.45) is 1.67. The molecule has 0 spiro atoms. The number of hydrogen-bond donors (Lipinski definition) is 1. The van der Waals surface area contributed by atoms with Crippen molar-refractivity contribution in [2.45, 2.75) is 13.5 Å². The molecule has 0 atom stereocenters. The molecule has 0 saturated heterocycles. The molecule has 1 N–H and O–H groups in total. The van der Waals surface area contributed by atoms with E-state index in [2.05, 4.69) is 15.3 Å². The number of rotatable bonds is 5. The van der Waals surface area contributed by atoms with Crippen molar-refractivity contribution in [3.8, 4) is 5.88 Å². The summed E-state index contributed by atoms with van der Waals surface area (Å²) >= 11 is 7.39. The van der Waals surface area contributed by atoms with Crippen LogP contribution in [0.2, 0.25) is 4.34 Å². The lowest BCUT2D eigenvalue weighted by molar-refractivity contribution is 0.326. The zero-order valence-electron chi connectivity index (χ0n) is 9.31. The maximum atomic E-state index is 5.85. The second-order valence-electron chi connectivity index (χ2n) is 3.21. The average molecular weight is 270 g/mol. The standard InChI is InChI=1S/C11H12ClN3OS/c1-2-16-10-5-6-13-11(15-10)14-7-8-3-4-9(12)17-8/h3-6H,2,7H2,1H3,(H,13,14,15). The molecule has 0 aliphatic heterocycles. The van der Waals surface area contributed by atoms with E-state index in [1.165, 1.54) is 11.3 Å². The van der Waals surface area contributed by atoms with Crippen molar-refractivity contribution in [1.29, 1.82) is 0 Å². The third kappa shape index (κ3) is 3.57. The van der Waals surface area contributed by atoms with Crippen LogP contribution in [0.1, 0.15) is 11.8 Å². The molecule has 6 heteroatoms.